The van der Waals surface area contributed by atoms with Crippen LogP contribution in [-0.4, -0.2) is 24.0 Å². The van der Waals surface area contributed by atoms with E-state index in [1.54, 1.807) is 19.1 Å². The Morgan fingerprint density at radius 2 is 2.00 bits per heavy atom. The number of ketones is 1. The first-order valence-corrected chi connectivity index (χ1v) is 3.98. The second kappa shape index (κ2) is 3.91. The molecule has 0 saturated carbocycles. The van der Waals surface area contributed by atoms with Gasteiger partial charge in [-0.05, 0) is 24.6 Å². The molecule has 0 radical (unpaired) electrons. The SMILES string of the molecule is COc1ccc(C)c(C(=O)C(=O)O)c1. The summed E-state index contributed by atoms with van der Waals surface area (Å²) in [5.74, 6) is -1.90. The first-order valence-electron chi connectivity index (χ1n) is 3.98. The molecule has 0 bridgehead atoms. The molecule has 0 fully saturated rings. The maximum atomic E-state index is 11.2. The van der Waals surface area contributed by atoms with Gasteiger partial charge in [-0.2, -0.15) is 0 Å². The van der Waals surface area contributed by atoms with Crippen molar-refractivity contribution in [1.29, 1.82) is 0 Å². The first kappa shape index (κ1) is 10.2. The highest BCUT2D eigenvalue weighted by molar-refractivity contribution is 6.40. The minimum Gasteiger partial charge on any atom is -0.497 e. The van der Waals surface area contributed by atoms with Crippen LogP contribution in [0.1, 0.15) is 15.9 Å². The van der Waals surface area contributed by atoms with E-state index < -0.39 is 11.8 Å². The van der Waals surface area contributed by atoms with Crippen molar-refractivity contribution in [3.05, 3.63) is 29.3 Å². The number of aliphatic carboxylic acids is 1. The first-order chi connectivity index (χ1) is 6.56. The molecule has 0 aliphatic heterocycles. The summed E-state index contributed by atoms with van der Waals surface area (Å²) in [7, 11) is 1.46. The fraction of sp³-hybridized carbons (Fsp3) is 0.200. The summed E-state index contributed by atoms with van der Waals surface area (Å²) < 4.78 is 4.89. The molecule has 0 spiro atoms. The molecule has 4 nitrogen and oxygen atoms in total. The molecule has 0 heterocycles. The molecule has 0 aliphatic carbocycles. The molecule has 4 heteroatoms. The van der Waals surface area contributed by atoms with Crippen LogP contribution in [0.4, 0.5) is 0 Å². The Morgan fingerprint density at radius 3 is 2.50 bits per heavy atom. The molecule has 14 heavy (non-hydrogen) atoms. The predicted molar refractivity (Wildman–Crippen MR) is 49.7 cm³/mol. The number of hydrogen-bond donors (Lipinski definition) is 1. The summed E-state index contributed by atoms with van der Waals surface area (Å²) in [5.41, 5.74) is 0.787. The molecular weight excluding hydrogens is 184 g/mol. The lowest BCUT2D eigenvalue weighted by atomic mass is 10.0. The van der Waals surface area contributed by atoms with Gasteiger partial charge in [-0.1, -0.05) is 6.07 Å². The van der Waals surface area contributed by atoms with Crippen molar-refractivity contribution >= 4 is 11.8 Å². The van der Waals surface area contributed by atoms with E-state index in [0.717, 1.165) is 0 Å². The van der Waals surface area contributed by atoms with Crippen molar-refractivity contribution in [3.8, 4) is 5.75 Å². The summed E-state index contributed by atoms with van der Waals surface area (Å²) in [4.78, 5) is 21.6. The molecule has 1 rings (SSSR count). The number of carbonyl (C=O) groups excluding carboxylic acids is 1. The van der Waals surface area contributed by atoms with E-state index in [-0.39, 0.29) is 5.56 Å². The van der Waals surface area contributed by atoms with Gasteiger partial charge in [0.1, 0.15) is 5.75 Å². The number of ether oxygens (including phenoxy) is 1. The van der Waals surface area contributed by atoms with Crippen LogP contribution in [0.25, 0.3) is 0 Å². The van der Waals surface area contributed by atoms with E-state index in [9.17, 15) is 9.59 Å². The Morgan fingerprint density at radius 1 is 1.36 bits per heavy atom. The maximum absolute atomic E-state index is 11.2. The van der Waals surface area contributed by atoms with Crippen LogP contribution in [0.15, 0.2) is 18.2 Å². The summed E-state index contributed by atoms with van der Waals surface area (Å²) in [5, 5.41) is 8.53. The van der Waals surface area contributed by atoms with Crippen LogP contribution >= 0.6 is 0 Å². The van der Waals surface area contributed by atoms with E-state index in [2.05, 4.69) is 0 Å². The highest BCUT2D eigenvalue weighted by Crippen LogP contribution is 2.17. The molecule has 1 N–H and O–H groups in total. The van der Waals surface area contributed by atoms with Crippen molar-refractivity contribution in [2.45, 2.75) is 6.92 Å². The fourth-order valence-corrected chi connectivity index (χ4v) is 1.09. The Labute approximate surface area is 81.1 Å². The van der Waals surface area contributed by atoms with Crippen molar-refractivity contribution in [1.82, 2.24) is 0 Å². The minimum atomic E-state index is -1.46. The number of rotatable bonds is 3. The number of aryl methyl sites for hydroxylation is 1. The fourth-order valence-electron chi connectivity index (χ4n) is 1.09. The van der Waals surface area contributed by atoms with Gasteiger partial charge in [0.25, 0.3) is 5.78 Å². The normalized spacial score (nSPS) is 9.57. The van der Waals surface area contributed by atoms with E-state index >= 15 is 0 Å². The number of carbonyl (C=O) groups is 2. The Balaban J connectivity index is 3.19. The highest BCUT2D eigenvalue weighted by Gasteiger charge is 2.17. The molecular formula is C10H10O4. The molecule has 74 valence electrons. The van der Waals surface area contributed by atoms with Crippen molar-refractivity contribution in [2.24, 2.45) is 0 Å². The maximum Gasteiger partial charge on any atom is 0.377 e. The van der Waals surface area contributed by atoms with E-state index in [0.29, 0.717) is 11.3 Å². The molecule has 0 aromatic heterocycles. The van der Waals surface area contributed by atoms with Crippen LogP contribution in [0.5, 0.6) is 5.75 Å². The third-order valence-electron chi connectivity index (χ3n) is 1.88. The molecule has 0 unspecified atom stereocenters. The zero-order valence-corrected chi connectivity index (χ0v) is 7.90. The zero-order valence-electron chi connectivity index (χ0n) is 7.90. The monoisotopic (exact) mass is 194 g/mol. The van der Waals surface area contributed by atoms with Gasteiger partial charge in [0.15, 0.2) is 0 Å². The molecule has 1 aromatic rings. The average Bonchev–Trinajstić information content (AvgIpc) is 2.17. The Hall–Kier alpha value is -1.84. The second-order valence-electron chi connectivity index (χ2n) is 2.82. The summed E-state index contributed by atoms with van der Waals surface area (Å²) in [6, 6.07) is 4.74. The number of carboxylic acid groups (broad SMARTS) is 1. The van der Waals surface area contributed by atoms with Crippen LogP contribution in [0, 0.1) is 6.92 Å². The largest absolute Gasteiger partial charge is 0.497 e. The number of hydrogen-bond acceptors (Lipinski definition) is 3. The number of carboxylic acids is 1. The standard InChI is InChI=1S/C10H10O4/c1-6-3-4-7(14-2)5-8(6)9(11)10(12)13/h3-5H,1-2H3,(H,12,13). The van der Waals surface area contributed by atoms with Crippen LogP contribution in [-0.2, 0) is 4.79 Å². The lowest BCUT2D eigenvalue weighted by Gasteiger charge is -2.04. The van der Waals surface area contributed by atoms with Gasteiger partial charge in [-0.3, -0.25) is 4.79 Å². The van der Waals surface area contributed by atoms with Gasteiger partial charge in [0, 0.05) is 5.56 Å². The number of methoxy groups -OCH3 is 1. The van der Waals surface area contributed by atoms with Crippen LogP contribution in [0.3, 0.4) is 0 Å². The number of benzene rings is 1. The van der Waals surface area contributed by atoms with Gasteiger partial charge < -0.3 is 9.84 Å². The van der Waals surface area contributed by atoms with Gasteiger partial charge in [-0.25, -0.2) is 4.79 Å². The van der Waals surface area contributed by atoms with E-state index in [1.807, 2.05) is 0 Å². The van der Waals surface area contributed by atoms with Crippen molar-refractivity contribution in [3.63, 3.8) is 0 Å². The predicted octanol–water partition coefficient (Wildman–Crippen LogP) is 1.27. The quantitative estimate of drug-likeness (QED) is 0.581. The smallest absolute Gasteiger partial charge is 0.377 e. The minimum absolute atomic E-state index is 0.164. The topological polar surface area (TPSA) is 63.6 Å². The summed E-state index contributed by atoms with van der Waals surface area (Å²) in [6.07, 6.45) is 0. The van der Waals surface area contributed by atoms with Gasteiger partial charge in [0.2, 0.25) is 0 Å². The molecule has 0 atom stereocenters. The molecule has 0 amide bonds. The Bertz CT molecular complexity index is 382. The van der Waals surface area contributed by atoms with Crippen LogP contribution in [0.2, 0.25) is 0 Å². The van der Waals surface area contributed by atoms with E-state index in [1.165, 1.54) is 13.2 Å². The van der Waals surface area contributed by atoms with Crippen molar-refractivity contribution < 1.29 is 19.4 Å². The lowest BCUT2D eigenvalue weighted by Crippen LogP contribution is -2.14. The van der Waals surface area contributed by atoms with Gasteiger partial charge in [0.05, 0.1) is 7.11 Å². The molecule has 0 saturated heterocycles. The average molecular weight is 194 g/mol. The zero-order chi connectivity index (χ0) is 10.7. The molecule has 0 aliphatic rings. The summed E-state index contributed by atoms with van der Waals surface area (Å²) in [6.45, 7) is 1.68. The number of Topliss-reactive ketones (excluding diaryl/α,β-unsaturated/α-hetero) is 1. The Kier molecular flexibility index (Phi) is 2.86. The van der Waals surface area contributed by atoms with E-state index in [4.69, 9.17) is 9.84 Å². The lowest BCUT2D eigenvalue weighted by molar-refractivity contribution is -0.131. The highest BCUT2D eigenvalue weighted by atomic mass is 16.5. The summed E-state index contributed by atoms with van der Waals surface area (Å²) >= 11 is 0. The van der Waals surface area contributed by atoms with Crippen molar-refractivity contribution in [2.75, 3.05) is 7.11 Å². The second-order valence-corrected chi connectivity index (χ2v) is 2.82. The van der Waals surface area contributed by atoms with Gasteiger partial charge in [-0.15, -0.1) is 0 Å². The van der Waals surface area contributed by atoms with Crippen LogP contribution < -0.4 is 4.74 Å². The third kappa shape index (κ3) is 1.90. The molecule has 1 aromatic carbocycles. The third-order valence-corrected chi connectivity index (χ3v) is 1.88. The van der Waals surface area contributed by atoms with Gasteiger partial charge >= 0.3 is 5.97 Å².